The van der Waals surface area contributed by atoms with Crippen molar-refractivity contribution in [2.75, 3.05) is 25.2 Å². The second kappa shape index (κ2) is 6.56. The smallest absolute Gasteiger partial charge is 0.0740 e. The zero-order valence-corrected chi connectivity index (χ0v) is 14.4. The molecule has 0 aliphatic carbocycles. The molecule has 2 aromatic carbocycles. The van der Waals surface area contributed by atoms with Crippen LogP contribution in [0.1, 0.15) is 17.0 Å². The van der Waals surface area contributed by atoms with Gasteiger partial charge in [0.2, 0.25) is 0 Å². The van der Waals surface area contributed by atoms with Crippen LogP contribution in [0.15, 0.2) is 53.1 Å². The van der Waals surface area contributed by atoms with Crippen LogP contribution in [-0.4, -0.2) is 18.7 Å². The van der Waals surface area contributed by atoms with E-state index in [1.807, 2.05) is 24.3 Å². The summed E-state index contributed by atoms with van der Waals surface area (Å²) < 4.78 is 6.42. The van der Waals surface area contributed by atoms with Gasteiger partial charge in [-0.15, -0.1) is 0 Å². The van der Waals surface area contributed by atoms with Crippen molar-refractivity contribution in [3.8, 4) is 0 Å². The summed E-state index contributed by atoms with van der Waals surface area (Å²) in [5.41, 5.74) is 16.2. The second-order valence-electron chi connectivity index (χ2n) is 5.44. The lowest BCUT2D eigenvalue weighted by Crippen LogP contribution is -2.09. The van der Waals surface area contributed by atoms with E-state index in [0.29, 0.717) is 18.0 Å². The van der Waals surface area contributed by atoms with E-state index in [1.165, 1.54) is 5.56 Å². The van der Waals surface area contributed by atoms with Gasteiger partial charge >= 0.3 is 0 Å². The molecule has 0 radical (unpaired) electrons. The molecule has 4 N–H and O–H groups in total. The zero-order valence-electron chi connectivity index (χ0n) is 12.8. The van der Waals surface area contributed by atoms with Crippen molar-refractivity contribution in [2.24, 2.45) is 0 Å². The lowest BCUT2D eigenvalue weighted by atomic mass is 9.91. The van der Waals surface area contributed by atoms with Crippen LogP contribution in [0, 0.1) is 0 Å². The topological polar surface area (TPSA) is 74.2 Å². The van der Waals surface area contributed by atoms with Crippen LogP contribution in [0.3, 0.4) is 0 Å². The van der Waals surface area contributed by atoms with E-state index in [2.05, 4.69) is 39.1 Å². The number of benzene rings is 2. The van der Waals surface area contributed by atoms with Crippen molar-refractivity contribution in [3.05, 3.63) is 64.3 Å². The molecule has 23 heavy (non-hydrogen) atoms. The third-order valence-corrected chi connectivity index (χ3v) is 4.66. The molecule has 0 saturated carbocycles. The van der Waals surface area contributed by atoms with Crippen LogP contribution in [0.25, 0.3) is 10.9 Å². The van der Waals surface area contributed by atoms with Gasteiger partial charge in [-0.3, -0.25) is 4.98 Å². The molecule has 5 heteroatoms. The third kappa shape index (κ3) is 3.02. The second-order valence-corrected chi connectivity index (χ2v) is 6.29. The first-order valence-electron chi connectivity index (χ1n) is 7.28. The Morgan fingerprint density at radius 3 is 2.61 bits per heavy atom. The Bertz CT molecular complexity index is 837. The van der Waals surface area contributed by atoms with E-state index < -0.39 is 0 Å². The molecule has 0 fully saturated rings. The standard InChI is InChI=1S/C18H18BrN3O/c1-23-10-14(11-5-3-2-4-6-11)12-7-13-17(8-15(12)19)22-9-16(20)18(13)21/h2-9,14H,10,20H2,1H3,(H2,21,22). The molecule has 0 spiro atoms. The maximum Gasteiger partial charge on any atom is 0.0740 e. The van der Waals surface area contributed by atoms with Gasteiger partial charge in [-0.05, 0) is 23.3 Å². The summed E-state index contributed by atoms with van der Waals surface area (Å²) in [5.74, 6) is 0.0980. The minimum atomic E-state index is 0.0980. The SMILES string of the molecule is COCC(c1ccccc1)c1cc2c(N)c(N)cnc2cc1Br. The van der Waals surface area contributed by atoms with Crippen molar-refractivity contribution < 1.29 is 4.74 Å². The fourth-order valence-corrected chi connectivity index (χ4v) is 3.36. The van der Waals surface area contributed by atoms with Crippen LogP contribution >= 0.6 is 15.9 Å². The molecule has 0 saturated heterocycles. The highest BCUT2D eigenvalue weighted by Gasteiger charge is 2.19. The fourth-order valence-electron chi connectivity index (χ4n) is 2.75. The highest BCUT2D eigenvalue weighted by molar-refractivity contribution is 9.10. The first kappa shape index (κ1) is 15.8. The highest BCUT2D eigenvalue weighted by atomic mass is 79.9. The predicted octanol–water partition coefficient (Wildman–Crippen LogP) is 3.94. The van der Waals surface area contributed by atoms with E-state index in [4.69, 9.17) is 16.2 Å². The minimum Gasteiger partial charge on any atom is -0.396 e. The lowest BCUT2D eigenvalue weighted by molar-refractivity contribution is 0.189. The van der Waals surface area contributed by atoms with Crippen molar-refractivity contribution in [3.63, 3.8) is 0 Å². The van der Waals surface area contributed by atoms with Gasteiger partial charge in [0.25, 0.3) is 0 Å². The van der Waals surface area contributed by atoms with Gasteiger partial charge in [0.15, 0.2) is 0 Å². The molecule has 3 rings (SSSR count). The number of hydrogen-bond donors (Lipinski definition) is 2. The van der Waals surface area contributed by atoms with E-state index in [1.54, 1.807) is 13.3 Å². The lowest BCUT2D eigenvalue weighted by Gasteiger charge is -2.20. The van der Waals surface area contributed by atoms with E-state index in [0.717, 1.165) is 20.9 Å². The van der Waals surface area contributed by atoms with Crippen LogP contribution in [-0.2, 0) is 4.74 Å². The number of nitrogens with two attached hydrogens (primary N) is 2. The van der Waals surface area contributed by atoms with Gasteiger partial charge < -0.3 is 16.2 Å². The van der Waals surface area contributed by atoms with Crippen LogP contribution in [0.5, 0.6) is 0 Å². The number of anilines is 2. The molecule has 1 heterocycles. The molecule has 3 aromatic rings. The van der Waals surface area contributed by atoms with Gasteiger partial charge in [-0.2, -0.15) is 0 Å². The van der Waals surface area contributed by atoms with E-state index in [-0.39, 0.29) is 5.92 Å². The fraction of sp³-hybridized carbons (Fsp3) is 0.167. The number of pyridine rings is 1. The summed E-state index contributed by atoms with van der Waals surface area (Å²) in [4.78, 5) is 4.36. The van der Waals surface area contributed by atoms with Crippen molar-refractivity contribution in [1.82, 2.24) is 4.98 Å². The summed E-state index contributed by atoms with van der Waals surface area (Å²) in [6.07, 6.45) is 1.59. The Kier molecular flexibility index (Phi) is 4.50. The summed E-state index contributed by atoms with van der Waals surface area (Å²) in [5, 5.41) is 0.861. The Morgan fingerprint density at radius 2 is 1.91 bits per heavy atom. The molecule has 118 valence electrons. The summed E-state index contributed by atoms with van der Waals surface area (Å²) in [7, 11) is 1.71. The summed E-state index contributed by atoms with van der Waals surface area (Å²) >= 11 is 3.66. The molecule has 0 amide bonds. The molecule has 4 nitrogen and oxygen atoms in total. The van der Waals surface area contributed by atoms with Gasteiger partial charge in [-0.1, -0.05) is 46.3 Å². The zero-order chi connectivity index (χ0) is 16.4. The molecule has 1 aromatic heterocycles. The number of aromatic nitrogens is 1. The molecule has 0 aliphatic rings. The number of nitrogens with zero attached hydrogens (tertiary/aromatic N) is 1. The Hall–Kier alpha value is -2.11. The minimum absolute atomic E-state index is 0.0980. The van der Waals surface area contributed by atoms with Crippen LogP contribution < -0.4 is 11.5 Å². The number of fused-ring (bicyclic) bond motifs is 1. The van der Waals surface area contributed by atoms with Gasteiger partial charge in [0, 0.05) is 22.9 Å². The van der Waals surface area contributed by atoms with Crippen molar-refractivity contribution >= 4 is 38.2 Å². The number of methoxy groups -OCH3 is 1. The molecule has 0 bridgehead atoms. The van der Waals surface area contributed by atoms with Gasteiger partial charge in [0.1, 0.15) is 0 Å². The van der Waals surface area contributed by atoms with E-state index >= 15 is 0 Å². The highest BCUT2D eigenvalue weighted by Crippen LogP contribution is 2.36. The molecule has 0 aliphatic heterocycles. The number of halogens is 1. The largest absolute Gasteiger partial charge is 0.396 e. The number of nitrogen functional groups attached to an aromatic ring is 2. The van der Waals surface area contributed by atoms with Gasteiger partial charge in [-0.25, -0.2) is 0 Å². The van der Waals surface area contributed by atoms with Crippen LogP contribution in [0.4, 0.5) is 11.4 Å². The molecule has 1 atom stereocenters. The predicted molar refractivity (Wildman–Crippen MR) is 98.4 cm³/mol. The number of ether oxygens (including phenoxy) is 1. The monoisotopic (exact) mass is 371 g/mol. The first-order chi connectivity index (χ1) is 11.1. The molecular formula is C18H18BrN3O. The Labute approximate surface area is 143 Å². The third-order valence-electron chi connectivity index (χ3n) is 3.97. The number of hydrogen-bond acceptors (Lipinski definition) is 4. The van der Waals surface area contributed by atoms with Crippen LogP contribution in [0.2, 0.25) is 0 Å². The Balaban J connectivity index is 2.20. The summed E-state index contributed by atoms with van der Waals surface area (Å²) in [6.45, 7) is 0.573. The van der Waals surface area contributed by atoms with Crippen molar-refractivity contribution in [2.45, 2.75) is 5.92 Å². The summed E-state index contributed by atoms with van der Waals surface area (Å²) in [6, 6.07) is 14.3. The quantitative estimate of drug-likeness (QED) is 0.728. The molecular weight excluding hydrogens is 354 g/mol. The first-order valence-corrected chi connectivity index (χ1v) is 8.08. The Morgan fingerprint density at radius 1 is 1.17 bits per heavy atom. The van der Waals surface area contributed by atoms with Crippen molar-refractivity contribution in [1.29, 1.82) is 0 Å². The van der Waals surface area contributed by atoms with E-state index in [9.17, 15) is 0 Å². The van der Waals surface area contributed by atoms with Gasteiger partial charge in [0.05, 0.1) is 29.7 Å². The normalized spacial score (nSPS) is 12.4. The maximum atomic E-state index is 6.14. The maximum absolute atomic E-state index is 6.14. The average molecular weight is 372 g/mol. The molecule has 1 unspecified atom stereocenters. The number of rotatable bonds is 4. The average Bonchev–Trinajstić information content (AvgIpc) is 2.57.